The molecule has 34 heavy (non-hydrogen) atoms. The third-order valence-electron chi connectivity index (χ3n) is 6.48. The number of carbonyl (C=O) groups excluding carboxylic acids is 2. The zero-order valence-electron chi connectivity index (χ0n) is 19.7. The fraction of sp³-hybridized carbons (Fsp3) is 0.357. The van der Waals surface area contributed by atoms with E-state index in [1.165, 1.54) is 11.6 Å². The van der Waals surface area contributed by atoms with Crippen molar-refractivity contribution in [3.63, 3.8) is 0 Å². The van der Waals surface area contributed by atoms with Gasteiger partial charge in [0.25, 0.3) is 5.91 Å². The maximum Gasteiger partial charge on any atom is 0.290 e. The van der Waals surface area contributed by atoms with Crippen molar-refractivity contribution in [3.8, 4) is 0 Å². The van der Waals surface area contributed by atoms with Crippen LogP contribution in [0.15, 0.2) is 72.0 Å². The summed E-state index contributed by atoms with van der Waals surface area (Å²) in [5.41, 5.74) is 3.04. The summed E-state index contributed by atoms with van der Waals surface area (Å²) in [6, 6.07) is 16.9. The number of benzene rings is 2. The first-order chi connectivity index (χ1) is 16.6. The van der Waals surface area contributed by atoms with Crippen LogP contribution in [0.25, 0.3) is 6.08 Å². The van der Waals surface area contributed by atoms with E-state index in [0.29, 0.717) is 6.54 Å². The lowest BCUT2D eigenvalue weighted by molar-refractivity contribution is -0.129. The monoisotopic (exact) mass is 460 g/mol. The minimum absolute atomic E-state index is 0.146. The normalized spacial score (nSPS) is 19.4. The first-order valence-corrected chi connectivity index (χ1v) is 12.0. The molecule has 1 saturated heterocycles. The van der Waals surface area contributed by atoms with Crippen LogP contribution in [0.1, 0.15) is 36.1 Å². The van der Waals surface area contributed by atoms with E-state index in [0.717, 1.165) is 56.8 Å². The highest BCUT2D eigenvalue weighted by atomic mass is 16.5. The van der Waals surface area contributed by atoms with E-state index in [4.69, 9.17) is 4.74 Å². The minimum Gasteiger partial charge on any atom is -0.503 e. The number of allylic oxidation sites excluding steroid dienone is 1. The van der Waals surface area contributed by atoms with Crippen LogP contribution in [0, 0.1) is 0 Å². The summed E-state index contributed by atoms with van der Waals surface area (Å²) >= 11 is 0. The quantitative estimate of drug-likeness (QED) is 0.574. The molecule has 0 saturated carbocycles. The molecule has 0 spiro atoms. The van der Waals surface area contributed by atoms with Gasteiger partial charge in [-0.1, -0.05) is 67.6 Å². The molecular formula is C28H32N2O4. The maximum atomic E-state index is 13.2. The first kappa shape index (κ1) is 23.9. The van der Waals surface area contributed by atoms with Crippen molar-refractivity contribution in [2.24, 2.45) is 0 Å². The molecule has 178 valence electrons. The Balaban J connectivity index is 1.57. The molecule has 2 aliphatic rings. The predicted molar refractivity (Wildman–Crippen MR) is 132 cm³/mol. The van der Waals surface area contributed by atoms with Crippen LogP contribution in [-0.2, 0) is 20.7 Å². The maximum absolute atomic E-state index is 13.2. The number of amides is 1. The van der Waals surface area contributed by atoms with Gasteiger partial charge in [-0.15, -0.1) is 0 Å². The molecule has 1 amide bonds. The molecular weight excluding hydrogens is 428 g/mol. The number of hydrogen-bond donors (Lipinski definition) is 1. The lowest BCUT2D eigenvalue weighted by Gasteiger charge is -2.30. The fourth-order valence-electron chi connectivity index (χ4n) is 4.53. The highest BCUT2D eigenvalue weighted by molar-refractivity contribution is 6.14. The van der Waals surface area contributed by atoms with E-state index >= 15 is 0 Å². The van der Waals surface area contributed by atoms with Gasteiger partial charge < -0.3 is 14.7 Å². The average Bonchev–Trinajstić information content (AvgIpc) is 3.14. The van der Waals surface area contributed by atoms with Gasteiger partial charge in [0, 0.05) is 26.2 Å². The van der Waals surface area contributed by atoms with Gasteiger partial charge >= 0.3 is 0 Å². The van der Waals surface area contributed by atoms with E-state index in [2.05, 4.69) is 11.8 Å². The molecule has 6 heteroatoms. The van der Waals surface area contributed by atoms with Crippen molar-refractivity contribution in [1.29, 1.82) is 0 Å². The molecule has 1 atom stereocenters. The Labute approximate surface area is 201 Å². The summed E-state index contributed by atoms with van der Waals surface area (Å²) in [5.74, 6) is -1.28. The number of rotatable bonds is 9. The van der Waals surface area contributed by atoms with Gasteiger partial charge in [0.05, 0.1) is 24.8 Å². The van der Waals surface area contributed by atoms with Crippen molar-refractivity contribution in [2.75, 3.05) is 39.4 Å². The molecule has 1 unspecified atom stereocenters. The smallest absolute Gasteiger partial charge is 0.290 e. The average molecular weight is 461 g/mol. The predicted octanol–water partition coefficient (Wildman–Crippen LogP) is 3.95. The zero-order valence-corrected chi connectivity index (χ0v) is 19.7. The van der Waals surface area contributed by atoms with Crippen LogP contribution in [0.5, 0.6) is 0 Å². The van der Waals surface area contributed by atoms with Gasteiger partial charge in [-0.3, -0.25) is 14.5 Å². The van der Waals surface area contributed by atoms with Gasteiger partial charge in [0.15, 0.2) is 11.5 Å². The molecule has 1 N–H and O–H groups in total. The lowest BCUT2D eigenvalue weighted by atomic mass is 9.94. The number of aliphatic hydroxyl groups is 1. The number of ketones is 1. The van der Waals surface area contributed by atoms with Crippen molar-refractivity contribution < 1.29 is 19.4 Å². The number of aliphatic hydroxyl groups excluding tert-OH is 1. The van der Waals surface area contributed by atoms with E-state index in [1.807, 2.05) is 54.6 Å². The standard InChI is InChI=1S/C28H32N2O4/c1-2-21-9-12-23(13-10-21)26-25(24(31)14-11-22-7-4-3-5-8-22)27(32)28(33)30(26)16-6-15-29-17-19-34-20-18-29/h3-5,7-14,26,32H,2,6,15-20H2,1H3. The fourth-order valence-corrected chi connectivity index (χ4v) is 4.53. The highest BCUT2D eigenvalue weighted by Crippen LogP contribution is 2.38. The zero-order chi connectivity index (χ0) is 23.9. The van der Waals surface area contributed by atoms with Gasteiger partial charge in [-0.2, -0.15) is 0 Å². The van der Waals surface area contributed by atoms with E-state index < -0.39 is 17.7 Å². The Morgan fingerprint density at radius 2 is 1.76 bits per heavy atom. The third-order valence-corrected chi connectivity index (χ3v) is 6.48. The molecule has 0 aromatic heterocycles. The van der Waals surface area contributed by atoms with Crippen molar-refractivity contribution in [1.82, 2.24) is 9.80 Å². The lowest BCUT2D eigenvalue weighted by Crippen LogP contribution is -2.39. The van der Waals surface area contributed by atoms with Crippen LogP contribution in [0.3, 0.4) is 0 Å². The summed E-state index contributed by atoms with van der Waals surface area (Å²) in [4.78, 5) is 30.3. The second kappa shape index (κ2) is 11.3. The second-order valence-electron chi connectivity index (χ2n) is 8.67. The topological polar surface area (TPSA) is 70.1 Å². The highest BCUT2D eigenvalue weighted by Gasteiger charge is 2.42. The Morgan fingerprint density at radius 3 is 2.44 bits per heavy atom. The third kappa shape index (κ3) is 5.46. The molecule has 1 fully saturated rings. The number of ether oxygens (including phenoxy) is 1. The van der Waals surface area contributed by atoms with Crippen LogP contribution in [-0.4, -0.2) is 66.0 Å². The molecule has 2 aromatic rings. The number of aryl methyl sites for hydroxylation is 1. The van der Waals surface area contributed by atoms with E-state index in [1.54, 1.807) is 11.0 Å². The number of hydrogen-bond acceptors (Lipinski definition) is 5. The Kier molecular flexibility index (Phi) is 7.93. The van der Waals surface area contributed by atoms with Crippen LogP contribution in [0.4, 0.5) is 0 Å². The van der Waals surface area contributed by atoms with Crippen molar-refractivity contribution in [3.05, 3.63) is 88.7 Å². The molecule has 0 radical (unpaired) electrons. The minimum atomic E-state index is -0.601. The number of nitrogens with zero attached hydrogens (tertiary/aromatic N) is 2. The van der Waals surface area contributed by atoms with E-state index in [9.17, 15) is 14.7 Å². The summed E-state index contributed by atoms with van der Waals surface area (Å²) in [5, 5.41) is 10.8. The number of morpholine rings is 1. The molecule has 6 nitrogen and oxygen atoms in total. The molecule has 4 rings (SSSR count). The number of carbonyl (C=O) groups is 2. The van der Waals surface area contributed by atoms with Gasteiger partial charge in [0.1, 0.15) is 0 Å². The van der Waals surface area contributed by atoms with E-state index in [-0.39, 0.29) is 11.4 Å². The molecule has 0 aliphatic carbocycles. The molecule has 2 aromatic carbocycles. The van der Waals surface area contributed by atoms with Gasteiger partial charge in [-0.05, 0) is 35.6 Å². The van der Waals surface area contributed by atoms with Crippen LogP contribution in [0.2, 0.25) is 0 Å². The summed E-state index contributed by atoms with van der Waals surface area (Å²) in [6.07, 6.45) is 4.81. The van der Waals surface area contributed by atoms with Crippen molar-refractivity contribution in [2.45, 2.75) is 25.8 Å². The largest absolute Gasteiger partial charge is 0.503 e. The van der Waals surface area contributed by atoms with Crippen molar-refractivity contribution >= 4 is 17.8 Å². The second-order valence-corrected chi connectivity index (χ2v) is 8.67. The summed E-state index contributed by atoms with van der Waals surface area (Å²) in [6.45, 7) is 6.60. The van der Waals surface area contributed by atoms with Crippen LogP contribution < -0.4 is 0 Å². The Bertz CT molecular complexity index is 1050. The van der Waals surface area contributed by atoms with Gasteiger partial charge in [0.2, 0.25) is 0 Å². The Morgan fingerprint density at radius 1 is 1.06 bits per heavy atom. The summed E-state index contributed by atoms with van der Waals surface area (Å²) < 4.78 is 5.41. The SMILES string of the molecule is CCc1ccc(C2C(C(=O)C=Cc3ccccc3)=C(O)C(=O)N2CCCN2CCOCC2)cc1. The summed E-state index contributed by atoms with van der Waals surface area (Å²) in [7, 11) is 0. The van der Waals surface area contributed by atoms with Crippen LogP contribution >= 0.6 is 0 Å². The Hall–Kier alpha value is -3.22. The molecule has 2 heterocycles. The van der Waals surface area contributed by atoms with Gasteiger partial charge in [-0.25, -0.2) is 0 Å². The molecule has 2 aliphatic heterocycles. The molecule has 0 bridgehead atoms. The first-order valence-electron chi connectivity index (χ1n) is 12.0.